The van der Waals surface area contributed by atoms with Crippen LogP contribution in [0.1, 0.15) is 38.1 Å². The second-order valence-electron chi connectivity index (χ2n) is 6.43. The molecular formula is C19H22N2O4. The summed E-state index contributed by atoms with van der Waals surface area (Å²) >= 11 is 0. The van der Waals surface area contributed by atoms with Gasteiger partial charge in [0.1, 0.15) is 12.2 Å². The van der Waals surface area contributed by atoms with Crippen LogP contribution in [-0.4, -0.2) is 22.6 Å². The molecule has 6 heteroatoms. The van der Waals surface area contributed by atoms with Crippen molar-refractivity contribution < 1.29 is 19.1 Å². The lowest BCUT2D eigenvalue weighted by Gasteiger charge is -2.24. The molecule has 0 aliphatic heterocycles. The number of rotatable bonds is 5. The predicted octanol–water partition coefficient (Wildman–Crippen LogP) is 3.39. The molecule has 2 aromatic rings. The minimum absolute atomic E-state index is 0.107. The van der Waals surface area contributed by atoms with E-state index in [2.05, 4.69) is 10.3 Å². The molecule has 1 N–H and O–H groups in total. The molecular weight excluding hydrogens is 320 g/mol. The first kappa shape index (κ1) is 18.4. The molecule has 1 aromatic heterocycles. The Bertz CT molecular complexity index is 696. The second kappa shape index (κ2) is 8.28. The molecule has 0 aliphatic carbocycles. The zero-order valence-corrected chi connectivity index (χ0v) is 14.6. The first-order chi connectivity index (χ1) is 11.8. The van der Waals surface area contributed by atoms with Gasteiger partial charge in [-0.15, -0.1) is 0 Å². The maximum atomic E-state index is 12.4. The molecule has 0 aliphatic rings. The number of nitrogens with zero attached hydrogens (tertiary/aromatic N) is 1. The molecule has 25 heavy (non-hydrogen) atoms. The summed E-state index contributed by atoms with van der Waals surface area (Å²) in [7, 11) is 0. The van der Waals surface area contributed by atoms with Crippen molar-refractivity contribution in [2.45, 2.75) is 39.0 Å². The van der Waals surface area contributed by atoms with Gasteiger partial charge in [-0.25, -0.2) is 9.59 Å². The number of benzene rings is 1. The van der Waals surface area contributed by atoms with Crippen molar-refractivity contribution in [1.29, 1.82) is 0 Å². The first-order valence-electron chi connectivity index (χ1n) is 7.96. The highest BCUT2D eigenvalue weighted by molar-refractivity contribution is 5.82. The lowest BCUT2D eigenvalue weighted by atomic mass is 10.1. The van der Waals surface area contributed by atoms with Crippen molar-refractivity contribution in [2.24, 2.45) is 0 Å². The Morgan fingerprint density at radius 2 is 1.76 bits per heavy atom. The summed E-state index contributed by atoms with van der Waals surface area (Å²) < 4.78 is 10.5. The molecule has 1 unspecified atom stereocenters. The van der Waals surface area contributed by atoms with Crippen LogP contribution in [0.25, 0.3) is 0 Å². The summed E-state index contributed by atoms with van der Waals surface area (Å²) in [5.41, 5.74) is 0.553. The van der Waals surface area contributed by atoms with Gasteiger partial charge >= 0.3 is 12.1 Å². The Morgan fingerprint density at radius 1 is 1.08 bits per heavy atom. The number of esters is 1. The van der Waals surface area contributed by atoms with E-state index in [-0.39, 0.29) is 6.61 Å². The Labute approximate surface area is 147 Å². The van der Waals surface area contributed by atoms with Gasteiger partial charge in [0.2, 0.25) is 0 Å². The van der Waals surface area contributed by atoms with Crippen molar-refractivity contribution in [1.82, 2.24) is 10.3 Å². The number of aromatic nitrogens is 1. The highest BCUT2D eigenvalue weighted by Crippen LogP contribution is 2.17. The maximum absolute atomic E-state index is 12.4. The SMILES string of the molecule is CC(C)(C)OC(=O)C(NC(=O)OCc1ccccc1)c1ccccn1. The van der Waals surface area contributed by atoms with E-state index in [1.165, 1.54) is 0 Å². The van der Waals surface area contributed by atoms with Gasteiger partial charge in [-0.1, -0.05) is 36.4 Å². The van der Waals surface area contributed by atoms with Crippen LogP contribution >= 0.6 is 0 Å². The molecule has 0 spiro atoms. The molecule has 1 heterocycles. The molecule has 0 fully saturated rings. The number of ether oxygens (including phenoxy) is 2. The molecule has 1 amide bonds. The smallest absolute Gasteiger partial charge is 0.408 e. The third-order valence-electron chi connectivity index (χ3n) is 3.10. The predicted molar refractivity (Wildman–Crippen MR) is 92.6 cm³/mol. The minimum atomic E-state index is -1.04. The van der Waals surface area contributed by atoms with Crippen molar-refractivity contribution in [2.75, 3.05) is 0 Å². The largest absolute Gasteiger partial charge is 0.458 e. The monoisotopic (exact) mass is 342 g/mol. The van der Waals surface area contributed by atoms with E-state index in [9.17, 15) is 9.59 Å². The van der Waals surface area contributed by atoms with Gasteiger partial charge in [0.15, 0.2) is 6.04 Å². The summed E-state index contributed by atoms with van der Waals surface area (Å²) in [6, 6.07) is 13.3. The first-order valence-corrected chi connectivity index (χ1v) is 7.96. The maximum Gasteiger partial charge on any atom is 0.408 e. The Morgan fingerprint density at radius 3 is 2.36 bits per heavy atom. The third-order valence-corrected chi connectivity index (χ3v) is 3.10. The minimum Gasteiger partial charge on any atom is -0.458 e. The second-order valence-corrected chi connectivity index (χ2v) is 6.43. The van der Waals surface area contributed by atoms with E-state index < -0.39 is 23.7 Å². The van der Waals surface area contributed by atoms with Crippen molar-refractivity contribution in [3.05, 3.63) is 66.0 Å². The van der Waals surface area contributed by atoms with Crippen LogP contribution in [0, 0.1) is 0 Å². The summed E-state index contributed by atoms with van der Waals surface area (Å²) in [6.45, 7) is 5.38. The van der Waals surface area contributed by atoms with Crippen LogP contribution in [0.3, 0.4) is 0 Å². The number of hydrogen-bond acceptors (Lipinski definition) is 5. The lowest BCUT2D eigenvalue weighted by molar-refractivity contribution is -0.157. The van der Waals surface area contributed by atoms with Crippen LogP contribution < -0.4 is 5.32 Å². The number of pyridine rings is 1. The standard InChI is InChI=1S/C19H22N2O4/c1-19(2,3)25-17(22)16(15-11-7-8-12-20-15)21-18(23)24-13-14-9-5-4-6-10-14/h4-12,16H,13H2,1-3H3,(H,21,23). The third kappa shape index (κ3) is 6.25. The molecule has 132 valence electrons. The molecule has 2 rings (SSSR count). The van der Waals surface area contributed by atoms with Gasteiger partial charge in [-0.3, -0.25) is 4.98 Å². The summed E-state index contributed by atoms with van der Waals surface area (Å²) in [5.74, 6) is -0.595. The van der Waals surface area contributed by atoms with Crippen LogP contribution in [0.2, 0.25) is 0 Å². The fourth-order valence-corrected chi connectivity index (χ4v) is 2.04. The van der Waals surface area contributed by atoms with Crippen LogP contribution in [0.15, 0.2) is 54.7 Å². The normalized spacial score (nSPS) is 12.1. The number of hydrogen-bond donors (Lipinski definition) is 1. The fraction of sp³-hybridized carbons (Fsp3) is 0.316. The molecule has 0 saturated heterocycles. The number of alkyl carbamates (subject to hydrolysis) is 1. The van der Waals surface area contributed by atoms with Crippen molar-refractivity contribution >= 4 is 12.1 Å². The average molecular weight is 342 g/mol. The van der Waals surface area contributed by atoms with Gasteiger partial charge in [0.25, 0.3) is 0 Å². The van der Waals surface area contributed by atoms with E-state index >= 15 is 0 Å². The highest BCUT2D eigenvalue weighted by atomic mass is 16.6. The van der Waals surface area contributed by atoms with E-state index in [4.69, 9.17) is 9.47 Å². The van der Waals surface area contributed by atoms with E-state index in [0.29, 0.717) is 5.69 Å². The molecule has 0 saturated carbocycles. The Hall–Kier alpha value is -2.89. The molecule has 1 aromatic carbocycles. The highest BCUT2D eigenvalue weighted by Gasteiger charge is 2.29. The van der Waals surface area contributed by atoms with E-state index in [1.807, 2.05) is 30.3 Å². The Kier molecular flexibility index (Phi) is 6.11. The Balaban J connectivity index is 2.05. The van der Waals surface area contributed by atoms with Crippen LogP contribution in [-0.2, 0) is 20.9 Å². The van der Waals surface area contributed by atoms with Gasteiger partial charge < -0.3 is 14.8 Å². The number of amides is 1. The molecule has 0 bridgehead atoms. The lowest BCUT2D eigenvalue weighted by Crippen LogP contribution is -2.38. The molecule has 0 radical (unpaired) electrons. The molecule has 6 nitrogen and oxygen atoms in total. The number of carbonyl (C=O) groups excluding carboxylic acids is 2. The zero-order chi connectivity index (χ0) is 18.3. The van der Waals surface area contributed by atoms with Crippen molar-refractivity contribution in [3.63, 3.8) is 0 Å². The summed E-state index contributed by atoms with van der Waals surface area (Å²) in [6.07, 6.45) is 0.828. The summed E-state index contributed by atoms with van der Waals surface area (Å²) in [4.78, 5) is 28.7. The van der Waals surface area contributed by atoms with Gasteiger partial charge in [-0.2, -0.15) is 0 Å². The zero-order valence-electron chi connectivity index (χ0n) is 14.6. The van der Waals surface area contributed by atoms with Crippen molar-refractivity contribution in [3.8, 4) is 0 Å². The van der Waals surface area contributed by atoms with Crippen LogP contribution in [0.5, 0.6) is 0 Å². The van der Waals surface area contributed by atoms with Gasteiger partial charge in [0.05, 0.1) is 5.69 Å². The van der Waals surface area contributed by atoms with E-state index in [1.54, 1.807) is 45.2 Å². The van der Waals surface area contributed by atoms with E-state index in [0.717, 1.165) is 5.56 Å². The summed E-state index contributed by atoms with van der Waals surface area (Å²) in [5, 5.41) is 2.53. The van der Waals surface area contributed by atoms with Crippen LogP contribution in [0.4, 0.5) is 4.79 Å². The number of nitrogens with one attached hydrogen (secondary N) is 1. The molecule has 1 atom stereocenters. The number of carbonyl (C=O) groups is 2. The average Bonchev–Trinajstić information content (AvgIpc) is 2.58. The fourth-order valence-electron chi connectivity index (χ4n) is 2.04. The topological polar surface area (TPSA) is 77.5 Å². The van der Waals surface area contributed by atoms with Gasteiger partial charge in [-0.05, 0) is 38.5 Å². The quantitative estimate of drug-likeness (QED) is 0.843. The van der Waals surface area contributed by atoms with Gasteiger partial charge in [0, 0.05) is 6.20 Å².